The number of hydrogen-bond acceptors (Lipinski definition) is 5. The third-order valence-corrected chi connectivity index (χ3v) is 4.80. The van der Waals surface area contributed by atoms with Crippen molar-refractivity contribution in [2.75, 3.05) is 13.7 Å². The highest BCUT2D eigenvalue weighted by molar-refractivity contribution is 5.35. The van der Waals surface area contributed by atoms with Crippen LogP contribution in [0.1, 0.15) is 48.1 Å². The second-order valence-electron chi connectivity index (χ2n) is 6.83. The van der Waals surface area contributed by atoms with E-state index in [2.05, 4.69) is 11.9 Å². The molecule has 6 heteroatoms. The quantitative estimate of drug-likeness (QED) is 0.689. The lowest BCUT2D eigenvalue weighted by Crippen LogP contribution is -2.17. The van der Waals surface area contributed by atoms with Gasteiger partial charge in [0.2, 0.25) is 0 Å². The molecule has 27 heavy (non-hydrogen) atoms. The van der Waals surface area contributed by atoms with Crippen molar-refractivity contribution >= 4 is 0 Å². The maximum atomic E-state index is 5.99. The molecule has 3 heterocycles. The first-order chi connectivity index (χ1) is 13.2. The Hall–Kier alpha value is -2.73. The van der Waals surface area contributed by atoms with Gasteiger partial charge in [0.25, 0.3) is 0 Å². The molecule has 140 valence electrons. The summed E-state index contributed by atoms with van der Waals surface area (Å²) in [5.41, 5.74) is 2.20. The number of pyridine rings is 1. The van der Waals surface area contributed by atoms with Gasteiger partial charge in [0.1, 0.15) is 11.9 Å². The van der Waals surface area contributed by atoms with Gasteiger partial charge >= 0.3 is 0 Å². The summed E-state index contributed by atoms with van der Waals surface area (Å²) in [7, 11) is 1.68. The lowest BCUT2D eigenvalue weighted by atomic mass is 10.1. The monoisotopic (exact) mass is 364 g/mol. The zero-order chi connectivity index (χ0) is 18.6. The highest BCUT2D eigenvalue weighted by atomic mass is 16.5. The molecule has 1 aromatic carbocycles. The van der Waals surface area contributed by atoms with Crippen molar-refractivity contribution in [3.05, 3.63) is 65.4 Å². The van der Waals surface area contributed by atoms with E-state index in [4.69, 9.17) is 19.6 Å². The first-order valence-corrected chi connectivity index (χ1v) is 9.37. The summed E-state index contributed by atoms with van der Waals surface area (Å²) in [4.78, 5) is 9.34. The summed E-state index contributed by atoms with van der Waals surface area (Å²) in [6.45, 7) is 2.81. The predicted octanol–water partition coefficient (Wildman–Crippen LogP) is 3.81. The van der Waals surface area contributed by atoms with Crippen molar-refractivity contribution in [1.82, 2.24) is 19.7 Å². The van der Waals surface area contributed by atoms with Crippen molar-refractivity contribution < 1.29 is 9.47 Å². The number of ether oxygens (including phenoxy) is 2. The van der Waals surface area contributed by atoms with Crippen LogP contribution in [-0.4, -0.2) is 33.5 Å². The average Bonchev–Trinajstić information content (AvgIpc) is 3.13. The van der Waals surface area contributed by atoms with Crippen LogP contribution >= 0.6 is 0 Å². The van der Waals surface area contributed by atoms with Gasteiger partial charge in [0, 0.05) is 24.8 Å². The molecule has 0 N–H and O–H groups in total. The van der Waals surface area contributed by atoms with E-state index in [1.165, 1.54) is 0 Å². The number of para-hydroxylation sites is 1. The van der Waals surface area contributed by atoms with Crippen LogP contribution in [0.15, 0.2) is 42.6 Å². The molecule has 6 nitrogen and oxygen atoms in total. The number of rotatable bonds is 5. The first-order valence-electron chi connectivity index (χ1n) is 9.37. The molecule has 1 fully saturated rings. The van der Waals surface area contributed by atoms with Gasteiger partial charge in [0.05, 0.1) is 7.11 Å². The second-order valence-corrected chi connectivity index (χ2v) is 6.83. The van der Waals surface area contributed by atoms with Gasteiger partial charge in [-0.1, -0.05) is 18.2 Å². The first kappa shape index (κ1) is 17.7. The second kappa shape index (κ2) is 7.88. The van der Waals surface area contributed by atoms with Crippen molar-refractivity contribution in [2.45, 2.75) is 38.7 Å². The molecule has 0 bridgehead atoms. The number of hydrogen-bond donors (Lipinski definition) is 0. The Morgan fingerprint density at radius 2 is 2.11 bits per heavy atom. The lowest BCUT2D eigenvalue weighted by molar-refractivity contribution is 0.00810. The van der Waals surface area contributed by atoms with E-state index >= 15 is 0 Å². The molecule has 1 unspecified atom stereocenters. The minimum Gasteiger partial charge on any atom is -0.496 e. The Balaban J connectivity index is 1.73. The maximum absolute atomic E-state index is 5.99. The topological polar surface area (TPSA) is 62.1 Å². The lowest BCUT2D eigenvalue weighted by Gasteiger charge is -2.21. The van der Waals surface area contributed by atoms with Crippen LogP contribution in [0.5, 0.6) is 5.75 Å². The third kappa shape index (κ3) is 3.85. The highest BCUT2D eigenvalue weighted by Gasteiger charge is 2.25. The van der Waals surface area contributed by atoms with Crippen LogP contribution in [0.3, 0.4) is 0 Å². The van der Waals surface area contributed by atoms with Crippen LogP contribution in [0.2, 0.25) is 0 Å². The zero-order valence-corrected chi connectivity index (χ0v) is 15.8. The predicted molar refractivity (Wildman–Crippen MR) is 102 cm³/mol. The smallest absolute Gasteiger partial charge is 0.163 e. The molecule has 0 saturated carbocycles. The fourth-order valence-corrected chi connectivity index (χ4v) is 3.42. The normalized spacial score (nSPS) is 17.0. The largest absolute Gasteiger partial charge is 0.496 e. The third-order valence-electron chi connectivity index (χ3n) is 4.80. The van der Waals surface area contributed by atoms with Crippen molar-refractivity contribution in [2.24, 2.45) is 0 Å². The number of methoxy groups -OCH3 is 1. The fraction of sp³-hybridized carbons (Fsp3) is 0.381. The average molecular weight is 364 g/mol. The Labute approximate surface area is 159 Å². The van der Waals surface area contributed by atoms with Crippen LogP contribution in [0.25, 0.3) is 5.82 Å². The molecule has 0 radical (unpaired) electrons. The van der Waals surface area contributed by atoms with E-state index in [0.29, 0.717) is 6.42 Å². The van der Waals surface area contributed by atoms with E-state index in [1.807, 2.05) is 41.1 Å². The minimum atomic E-state index is -0.0417. The van der Waals surface area contributed by atoms with Crippen LogP contribution in [-0.2, 0) is 11.2 Å². The molecule has 4 rings (SSSR count). The number of aromatic nitrogens is 4. The Bertz CT molecular complexity index is 916. The van der Waals surface area contributed by atoms with E-state index in [9.17, 15) is 0 Å². The van der Waals surface area contributed by atoms with Crippen LogP contribution in [0, 0.1) is 6.92 Å². The molecule has 0 amide bonds. The molecule has 1 atom stereocenters. The van der Waals surface area contributed by atoms with Crippen molar-refractivity contribution in [1.29, 1.82) is 0 Å². The SMILES string of the molecule is COc1ccccc1Cc1nc(C2CCCCO2)n(-c2cc(C)ccn2)n1. The molecule has 3 aromatic rings. The Morgan fingerprint density at radius 3 is 2.89 bits per heavy atom. The Morgan fingerprint density at radius 1 is 1.22 bits per heavy atom. The van der Waals surface area contributed by atoms with E-state index in [0.717, 1.165) is 60.2 Å². The molecule has 0 spiro atoms. The summed E-state index contributed by atoms with van der Waals surface area (Å²) in [5, 5.41) is 4.77. The van der Waals surface area contributed by atoms with Crippen molar-refractivity contribution in [3.8, 4) is 11.6 Å². The van der Waals surface area contributed by atoms with Crippen molar-refractivity contribution in [3.63, 3.8) is 0 Å². The van der Waals surface area contributed by atoms with Gasteiger partial charge < -0.3 is 9.47 Å². The molecule has 1 aliphatic heterocycles. The van der Waals surface area contributed by atoms with Gasteiger partial charge in [-0.15, -0.1) is 5.10 Å². The molecular weight excluding hydrogens is 340 g/mol. The van der Waals surface area contributed by atoms with Gasteiger partial charge in [-0.2, -0.15) is 4.68 Å². The summed E-state index contributed by atoms with van der Waals surface area (Å²) < 4.78 is 13.3. The van der Waals surface area contributed by atoms with Crippen LogP contribution < -0.4 is 4.74 Å². The van der Waals surface area contributed by atoms with Gasteiger partial charge in [0.15, 0.2) is 17.5 Å². The number of aryl methyl sites for hydroxylation is 1. The Kier molecular flexibility index (Phi) is 5.16. The molecule has 1 saturated heterocycles. The van der Waals surface area contributed by atoms with E-state index in [-0.39, 0.29) is 6.10 Å². The molecule has 1 aliphatic rings. The molecule has 2 aromatic heterocycles. The maximum Gasteiger partial charge on any atom is 0.163 e. The zero-order valence-electron chi connectivity index (χ0n) is 15.8. The summed E-state index contributed by atoms with van der Waals surface area (Å²) in [5.74, 6) is 3.20. The number of nitrogens with zero attached hydrogens (tertiary/aromatic N) is 4. The summed E-state index contributed by atoms with van der Waals surface area (Å²) >= 11 is 0. The minimum absolute atomic E-state index is 0.0417. The summed E-state index contributed by atoms with van der Waals surface area (Å²) in [6, 6.07) is 12.0. The number of benzene rings is 1. The van der Waals surface area contributed by atoms with Crippen LogP contribution in [0.4, 0.5) is 0 Å². The molecule has 0 aliphatic carbocycles. The van der Waals surface area contributed by atoms with E-state index in [1.54, 1.807) is 13.3 Å². The fourth-order valence-electron chi connectivity index (χ4n) is 3.42. The standard InChI is InChI=1S/C21H24N4O2/c1-15-10-11-22-20(13-15)25-21(18-9-5-6-12-27-18)23-19(24-25)14-16-7-3-4-8-17(16)26-2/h3-4,7-8,10-11,13,18H,5-6,9,12,14H2,1-2H3. The van der Waals surface area contributed by atoms with Gasteiger partial charge in [-0.05, 0) is 49.9 Å². The summed E-state index contributed by atoms with van der Waals surface area (Å²) in [6.07, 6.45) is 5.56. The highest BCUT2D eigenvalue weighted by Crippen LogP contribution is 2.29. The van der Waals surface area contributed by atoms with E-state index < -0.39 is 0 Å². The molecular formula is C21H24N4O2. The van der Waals surface area contributed by atoms with Gasteiger partial charge in [-0.25, -0.2) is 9.97 Å². The van der Waals surface area contributed by atoms with Gasteiger partial charge in [-0.3, -0.25) is 0 Å².